The minimum atomic E-state index is -4.49. The number of hydrogen-bond acceptors (Lipinski definition) is 4. The number of H-pyrrole nitrogens is 2. The SMILES string of the molecule is Cc1[nH]c(=O)[nH]c(=O)c1CCC(=O)N(Cc1ccc(C(=O)NCC(F)(F)F)cc1)C1CC1. The minimum Gasteiger partial charge on any atom is -0.343 e. The molecule has 0 bridgehead atoms. The lowest BCUT2D eigenvalue weighted by atomic mass is 10.1. The van der Waals surface area contributed by atoms with Gasteiger partial charge in [-0.25, -0.2) is 4.79 Å². The Morgan fingerprint density at radius 3 is 2.34 bits per heavy atom. The Morgan fingerprint density at radius 2 is 1.78 bits per heavy atom. The summed E-state index contributed by atoms with van der Waals surface area (Å²) in [6, 6.07) is 6.12. The molecule has 172 valence electrons. The molecule has 1 aliphatic carbocycles. The van der Waals surface area contributed by atoms with Gasteiger partial charge in [0.15, 0.2) is 0 Å². The zero-order chi connectivity index (χ0) is 23.5. The van der Waals surface area contributed by atoms with Gasteiger partial charge >= 0.3 is 11.9 Å². The zero-order valence-corrected chi connectivity index (χ0v) is 17.3. The van der Waals surface area contributed by atoms with Gasteiger partial charge in [0.1, 0.15) is 6.54 Å². The number of nitrogens with one attached hydrogen (secondary N) is 3. The van der Waals surface area contributed by atoms with Crippen LogP contribution in [0.15, 0.2) is 33.9 Å². The number of halogens is 3. The van der Waals surface area contributed by atoms with E-state index in [1.54, 1.807) is 24.0 Å². The minimum absolute atomic E-state index is 0.0877. The van der Waals surface area contributed by atoms with Crippen molar-refractivity contribution in [2.24, 2.45) is 0 Å². The first-order valence-electron chi connectivity index (χ1n) is 10.1. The molecule has 1 aliphatic rings. The van der Waals surface area contributed by atoms with Crippen LogP contribution in [0.25, 0.3) is 0 Å². The lowest BCUT2D eigenvalue weighted by molar-refractivity contribution is -0.132. The Kier molecular flexibility index (Phi) is 6.85. The molecule has 1 aromatic carbocycles. The molecular formula is C21H23F3N4O4. The van der Waals surface area contributed by atoms with E-state index >= 15 is 0 Å². The van der Waals surface area contributed by atoms with Crippen LogP contribution in [0.2, 0.25) is 0 Å². The fraction of sp³-hybridized carbons (Fsp3) is 0.429. The second-order valence-corrected chi connectivity index (χ2v) is 7.76. The van der Waals surface area contributed by atoms with E-state index < -0.39 is 29.9 Å². The van der Waals surface area contributed by atoms with Crippen molar-refractivity contribution < 1.29 is 22.8 Å². The fourth-order valence-corrected chi connectivity index (χ4v) is 3.35. The van der Waals surface area contributed by atoms with Gasteiger partial charge in [0.05, 0.1) is 0 Å². The molecule has 1 heterocycles. The van der Waals surface area contributed by atoms with Gasteiger partial charge in [0.2, 0.25) is 5.91 Å². The molecule has 11 heteroatoms. The number of carbonyl (C=O) groups is 2. The van der Waals surface area contributed by atoms with Crippen molar-refractivity contribution in [3.05, 3.63) is 67.5 Å². The van der Waals surface area contributed by atoms with E-state index in [2.05, 4.69) is 9.97 Å². The molecule has 32 heavy (non-hydrogen) atoms. The van der Waals surface area contributed by atoms with Crippen molar-refractivity contribution in [2.45, 2.75) is 51.4 Å². The lowest BCUT2D eigenvalue weighted by Gasteiger charge is -2.23. The zero-order valence-electron chi connectivity index (χ0n) is 17.3. The summed E-state index contributed by atoms with van der Waals surface area (Å²) in [7, 11) is 0. The summed E-state index contributed by atoms with van der Waals surface area (Å²) in [5, 5.41) is 1.81. The van der Waals surface area contributed by atoms with E-state index in [4.69, 9.17) is 0 Å². The van der Waals surface area contributed by atoms with Gasteiger partial charge in [-0.15, -0.1) is 0 Å². The number of nitrogens with zero attached hydrogens (tertiary/aromatic N) is 1. The first kappa shape index (κ1) is 23.3. The summed E-state index contributed by atoms with van der Waals surface area (Å²) in [6.45, 7) is 0.478. The van der Waals surface area contributed by atoms with E-state index in [0.29, 0.717) is 11.3 Å². The van der Waals surface area contributed by atoms with Crippen molar-refractivity contribution in [3.63, 3.8) is 0 Å². The number of benzene rings is 1. The maximum absolute atomic E-state index is 12.8. The largest absolute Gasteiger partial charge is 0.405 e. The van der Waals surface area contributed by atoms with Crippen LogP contribution < -0.4 is 16.6 Å². The second-order valence-electron chi connectivity index (χ2n) is 7.76. The molecule has 3 N–H and O–H groups in total. The predicted molar refractivity (Wildman–Crippen MR) is 109 cm³/mol. The molecule has 1 saturated carbocycles. The van der Waals surface area contributed by atoms with Crippen LogP contribution >= 0.6 is 0 Å². The third-order valence-corrected chi connectivity index (χ3v) is 5.17. The van der Waals surface area contributed by atoms with E-state index in [1.807, 2.05) is 5.32 Å². The Labute approximate surface area is 180 Å². The first-order valence-corrected chi connectivity index (χ1v) is 10.1. The fourth-order valence-electron chi connectivity index (χ4n) is 3.35. The molecule has 0 spiro atoms. The summed E-state index contributed by atoms with van der Waals surface area (Å²) in [5.41, 5.74) is 0.478. The number of aromatic nitrogens is 2. The van der Waals surface area contributed by atoms with Crippen LogP contribution in [0, 0.1) is 6.92 Å². The number of amides is 2. The standard InChI is InChI=1S/C21H23F3N4O4/c1-12-16(19(31)27-20(32)26-12)8-9-17(29)28(15-6-7-15)10-13-2-4-14(5-3-13)18(30)25-11-21(22,23)24/h2-5,15H,6-11H2,1H3,(H,25,30)(H2,26,27,31,32). The van der Waals surface area contributed by atoms with Crippen molar-refractivity contribution in [3.8, 4) is 0 Å². The predicted octanol–water partition coefficient (Wildman–Crippen LogP) is 1.79. The smallest absolute Gasteiger partial charge is 0.343 e. The van der Waals surface area contributed by atoms with Crippen LogP contribution in [0.5, 0.6) is 0 Å². The number of aryl methyl sites for hydroxylation is 1. The highest BCUT2D eigenvalue weighted by Gasteiger charge is 2.32. The Morgan fingerprint density at radius 1 is 1.12 bits per heavy atom. The Hall–Kier alpha value is -3.37. The third kappa shape index (κ3) is 6.32. The van der Waals surface area contributed by atoms with Crippen LogP contribution in [0.1, 0.15) is 46.4 Å². The first-order chi connectivity index (χ1) is 15.0. The molecule has 0 aliphatic heterocycles. The van der Waals surface area contributed by atoms with Crippen LogP contribution in [-0.4, -0.2) is 45.4 Å². The third-order valence-electron chi connectivity index (χ3n) is 5.17. The highest BCUT2D eigenvalue weighted by atomic mass is 19.4. The van der Waals surface area contributed by atoms with Gasteiger partial charge in [-0.05, 0) is 43.9 Å². The number of hydrogen-bond donors (Lipinski definition) is 3. The van der Waals surface area contributed by atoms with E-state index in [9.17, 15) is 32.3 Å². The average molecular weight is 452 g/mol. The van der Waals surface area contributed by atoms with E-state index in [0.717, 1.165) is 18.4 Å². The van der Waals surface area contributed by atoms with Crippen LogP contribution in [-0.2, 0) is 17.8 Å². The molecule has 0 unspecified atom stereocenters. The molecule has 2 aromatic rings. The number of rotatable bonds is 8. The van der Waals surface area contributed by atoms with Gasteiger partial charge in [0, 0.05) is 35.8 Å². The molecular weight excluding hydrogens is 429 g/mol. The van der Waals surface area contributed by atoms with Gasteiger partial charge in [0.25, 0.3) is 11.5 Å². The summed E-state index contributed by atoms with van der Waals surface area (Å²) < 4.78 is 36.7. The molecule has 2 amide bonds. The van der Waals surface area contributed by atoms with Gasteiger partial charge in [-0.1, -0.05) is 12.1 Å². The molecule has 8 nitrogen and oxygen atoms in total. The number of aromatic amines is 2. The van der Waals surface area contributed by atoms with Gasteiger partial charge in [-0.2, -0.15) is 13.2 Å². The Balaban J connectivity index is 1.62. The van der Waals surface area contributed by atoms with Crippen LogP contribution in [0.4, 0.5) is 13.2 Å². The Bertz CT molecular complexity index is 1100. The molecule has 0 saturated heterocycles. The van der Waals surface area contributed by atoms with Crippen molar-refractivity contribution in [1.82, 2.24) is 20.2 Å². The normalized spacial score (nSPS) is 13.6. The maximum atomic E-state index is 12.8. The average Bonchev–Trinajstić information content (AvgIpc) is 3.54. The van der Waals surface area contributed by atoms with E-state index in [1.165, 1.54) is 12.1 Å². The summed E-state index contributed by atoms with van der Waals surface area (Å²) in [5.74, 6) is -0.977. The maximum Gasteiger partial charge on any atom is 0.405 e. The molecule has 1 aromatic heterocycles. The number of alkyl halides is 3. The highest BCUT2D eigenvalue weighted by molar-refractivity contribution is 5.94. The van der Waals surface area contributed by atoms with Crippen molar-refractivity contribution >= 4 is 11.8 Å². The molecule has 0 radical (unpaired) electrons. The van der Waals surface area contributed by atoms with E-state index in [-0.39, 0.29) is 36.9 Å². The van der Waals surface area contributed by atoms with Crippen molar-refractivity contribution in [1.29, 1.82) is 0 Å². The lowest BCUT2D eigenvalue weighted by Crippen LogP contribution is -2.34. The summed E-state index contributed by atoms with van der Waals surface area (Å²) in [4.78, 5) is 54.3. The molecule has 3 rings (SSSR count). The molecule has 1 fully saturated rings. The monoisotopic (exact) mass is 452 g/mol. The van der Waals surface area contributed by atoms with Gasteiger partial charge < -0.3 is 15.2 Å². The quantitative estimate of drug-likeness (QED) is 0.566. The summed E-state index contributed by atoms with van der Waals surface area (Å²) >= 11 is 0. The number of carbonyl (C=O) groups excluding carboxylic acids is 2. The van der Waals surface area contributed by atoms with Crippen LogP contribution in [0.3, 0.4) is 0 Å². The van der Waals surface area contributed by atoms with Crippen molar-refractivity contribution in [2.75, 3.05) is 6.54 Å². The van der Waals surface area contributed by atoms with Gasteiger partial charge in [-0.3, -0.25) is 19.4 Å². The highest BCUT2D eigenvalue weighted by Crippen LogP contribution is 2.29. The second kappa shape index (κ2) is 9.41. The summed E-state index contributed by atoms with van der Waals surface area (Å²) in [6.07, 6.45) is -2.49. The topological polar surface area (TPSA) is 115 Å². The molecule has 0 atom stereocenters.